The summed E-state index contributed by atoms with van der Waals surface area (Å²) >= 11 is 7.47. The summed E-state index contributed by atoms with van der Waals surface area (Å²) in [5.41, 5.74) is 4.85. The molecular formula is C17H18Br2O. The van der Waals surface area contributed by atoms with E-state index < -0.39 is 0 Å². The van der Waals surface area contributed by atoms with E-state index in [1.165, 1.54) is 16.7 Å². The van der Waals surface area contributed by atoms with Crippen molar-refractivity contribution in [1.29, 1.82) is 0 Å². The van der Waals surface area contributed by atoms with Crippen LogP contribution in [-0.4, -0.2) is 6.61 Å². The lowest BCUT2D eigenvalue weighted by atomic mass is 10.0. The second-order valence-corrected chi connectivity index (χ2v) is 6.63. The summed E-state index contributed by atoms with van der Waals surface area (Å²) in [6.45, 7) is 6.87. The first-order valence-electron chi connectivity index (χ1n) is 6.66. The fraction of sp³-hybridized carbons (Fsp3) is 0.294. The van der Waals surface area contributed by atoms with E-state index in [4.69, 9.17) is 4.74 Å². The Morgan fingerprint density at radius 2 is 1.65 bits per heavy atom. The number of aryl methyl sites for hydroxylation is 2. The van der Waals surface area contributed by atoms with Crippen LogP contribution in [0.2, 0.25) is 0 Å². The zero-order valence-corrected chi connectivity index (χ0v) is 15.1. The Bertz CT molecular complexity index is 608. The molecule has 0 saturated carbocycles. The van der Waals surface area contributed by atoms with Crippen LogP contribution in [0.3, 0.4) is 0 Å². The molecule has 1 atom stereocenters. The van der Waals surface area contributed by atoms with Crippen molar-refractivity contribution >= 4 is 31.9 Å². The van der Waals surface area contributed by atoms with Crippen LogP contribution >= 0.6 is 31.9 Å². The van der Waals surface area contributed by atoms with Crippen molar-refractivity contribution < 1.29 is 4.74 Å². The van der Waals surface area contributed by atoms with E-state index in [-0.39, 0.29) is 4.83 Å². The quantitative estimate of drug-likeness (QED) is 0.579. The van der Waals surface area contributed by atoms with Gasteiger partial charge in [0, 0.05) is 10.0 Å². The second-order valence-electron chi connectivity index (χ2n) is 4.86. The molecule has 2 aromatic rings. The Balaban J connectivity index is 2.46. The third kappa shape index (κ3) is 3.44. The summed E-state index contributed by atoms with van der Waals surface area (Å²) in [5.74, 6) is 0.937. The Hall–Kier alpha value is -0.800. The van der Waals surface area contributed by atoms with Gasteiger partial charge in [0.25, 0.3) is 0 Å². The smallest absolute Gasteiger partial charge is 0.123 e. The first-order valence-corrected chi connectivity index (χ1v) is 8.37. The van der Waals surface area contributed by atoms with Gasteiger partial charge in [-0.25, -0.2) is 0 Å². The van der Waals surface area contributed by atoms with Crippen molar-refractivity contribution in [2.45, 2.75) is 25.6 Å². The summed E-state index contributed by atoms with van der Waals surface area (Å²) in [5, 5.41) is 0. The molecule has 0 amide bonds. The van der Waals surface area contributed by atoms with Crippen molar-refractivity contribution in [3.63, 3.8) is 0 Å². The minimum absolute atomic E-state index is 0.110. The predicted octanol–water partition coefficient (Wildman–Crippen LogP) is 5.95. The van der Waals surface area contributed by atoms with Gasteiger partial charge in [-0.05, 0) is 44.0 Å². The number of ether oxygens (including phenoxy) is 1. The van der Waals surface area contributed by atoms with Gasteiger partial charge in [-0.3, -0.25) is 0 Å². The molecule has 0 aliphatic carbocycles. The number of alkyl halides is 1. The fourth-order valence-corrected chi connectivity index (χ4v) is 3.94. The third-order valence-electron chi connectivity index (χ3n) is 3.17. The van der Waals surface area contributed by atoms with Gasteiger partial charge in [-0.2, -0.15) is 0 Å². The molecule has 0 N–H and O–H groups in total. The van der Waals surface area contributed by atoms with Crippen LogP contribution in [0.1, 0.15) is 34.0 Å². The van der Waals surface area contributed by atoms with Crippen LogP contribution in [0.4, 0.5) is 0 Å². The largest absolute Gasteiger partial charge is 0.494 e. The van der Waals surface area contributed by atoms with Crippen molar-refractivity contribution in [1.82, 2.24) is 0 Å². The van der Waals surface area contributed by atoms with Crippen LogP contribution in [0.5, 0.6) is 5.75 Å². The number of hydrogen-bond acceptors (Lipinski definition) is 1. The molecule has 3 heteroatoms. The van der Waals surface area contributed by atoms with Gasteiger partial charge < -0.3 is 4.74 Å². The van der Waals surface area contributed by atoms with Gasteiger partial charge in [0.05, 0.1) is 11.4 Å². The van der Waals surface area contributed by atoms with Gasteiger partial charge in [0.15, 0.2) is 0 Å². The monoisotopic (exact) mass is 396 g/mol. The average molecular weight is 398 g/mol. The number of benzene rings is 2. The summed E-state index contributed by atoms with van der Waals surface area (Å²) in [6, 6.07) is 12.7. The molecule has 2 rings (SSSR count). The first kappa shape index (κ1) is 15.6. The molecule has 0 saturated heterocycles. The van der Waals surface area contributed by atoms with Gasteiger partial charge in [0.2, 0.25) is 0 Å². The molecule has 106 valence electrons. The van der Waals surface area contributed by atoms with E-state index in [9.17, 15) is 0 Å². The highest BCUT2D eigenvalue weighted by Crippen LogP contribution is 2.40. The number of rotatable bonds is 4. The van der Waals surface area contributed by atoms with Gasteiger partial charge in [0.1, 0.15) is 5.75 Å². The zero-order valence-electron chi connectivity index (χ0n) is 11.9. The number of hydrogen-bond donors (Lipinski definition) is 0. The van der Waals surface area contributed by atoms with E-state index in [0.29, 0.717) is 6.61 Å². The van der Waals surface area contributed by atoms with Crippen LogP contribution < -0.4 is 4.74 Å². The van der Waals surface area contributed by atoms with E-state index in [2.05, 4.69) is 76.0 Å². The molecule has 0 fully saturated rings. The summed E-state index contributed by atoms with van der Waals surface area (Å²) in [7, 11) is 0. The second kappa shape index (κ2) is 6.77. The Kier molecular flexibility index (Phi) is 5.28. The van der Waals surface area contributed by atoms with Crippen molar-refractivity contribution in [2.24, 2.45) is 0 Å². The van der Waals surface area contributed by atoms with Crippen LogP contribution in [0.25, 0.3) is 0 Å². The maximum absolute atomic E-state index is 5.75. The molecule has 0 aliphatic rings. The highest BCUT2D eigenvalue weighted by molar-refractivity contribution is 9.11. The van der Waals surface area contributed by atoms with Crippen LogP contribution in [0, 0.1) is 13.8 Å². The highest BCUT2D eigenvalue weighted by atomic mass is 79.9. The molecule has 1 nitrogen and oxygen atoms in total. The van der Waals surface area contributed by atoms with Gasteiger partial charge >= 0.3 is 0 Å². The van der Waals surface area contributed by atoms with Gasteiger partial charge in [-0.15, -0.1) is 0 Å². The highest BCUT2D eigenvalue weighted by Gasteiger charge is 2.18. The SMILES string of the molecule is CCOc1ccc(C)cc1C(Br)c1ccc(C)cc1Br. The molecule has 1 unspecified atom stereocenters. The molecule has 0 radical (unpaired) electrons. The Morgan fingerprint density at radius 1 is 1.00 bits per heavy atom. The molecular weight excluding hydrogens is 380 g/mol. The molecule has 0 bridgehead atoms. The third-order valence-corrected chi connectivity index (χ3v) is 4.84. The van der Waals surface area contributed by atoms with Crippen molar-refractivity contribution in [2.75, 3.05) is 6.61 Å². The lowest BCUT2D eigenvalue weighted by molar-refractivity contribution is 0.337. The molecule has 0 aliphatic heterocycles. The molecule has 20 heavy (non-hydrogen) atoms. The minimum Gasteiger partial charge on any atom is -0.494 e. The molecule has 0 spiro atoms. The molecule has 0 aromatic heterocycles. The van der Waals surface area contributed by atoms with Crippen LogP contribution in [0.15, 0.2) is 40.9 Å². The van der Waals surface area contributed by atoms with Crippen molar-refractivity contribution in [3.8, 4) is 5.75 Å². The topological polar surface area (TPSA) is 9.23 Å². The Morgan fingerprint density at radius 3 is 2.30 bits per heavy atom. The lowest BCUT2D eigenvalue weighted by Gasteiger charge is -2.18. The van der Waals surface area contributed by atoms with Crippen LogP contribution in [-0.2, 0) is 0 Å². The molecule has 2 aromatic carbocycles. The molecule has 0 heterocycles. The predicted molar refractivity (Wildman–Crippen MR) is 92.0 cm³/mol. The van der Waals surface area contributed by atoms with E-state index >= 15 is 0 Å². The summed E-state index contributed by atoms with van der Waals surface area (Å²) in [4.78, 5) is 0.110. The zero-order chi connectivity index (χ0) is 14.7. The summed E-state index contributed by atoms with van der Waals surface area (Å²) < 4.78 is 6.87. The van der Waals surface area contributed by atoms with Crippen molar-refractivity contribution in [3.05, 3.63) is 63.1 Å². The standard InChI is InChI=1S/C17H18Br2O/c1-4-20-16-8-6-11(2)9-14(16)17(19)13-7-5-12(3)10-15(13)18/h5-10,17H,4H2,1-3H3. The lowest BCUT2D eigenvalue weighted by Crippen LogP contribution is -2.01. The Labute approximate surface area is 137 Å². The van der Waals surface area contributed by atoms with Gasteiger partial charge in [-0.1, -0.05) is 61.7 Å². The first-order chi connectivity index (χ1) is 9.52. The minimum atomic E-state index is 0.110. The van der Waals surface area contributed by atoms with E-state index in [1.807, 2.05) is 13.0 Å². The number of halogens is 2. The fourth-order valence-electron chi connectivity index (χ4n) is 2.16. The van der Waals surface area contributed by atoms with E-state index in [0.717, 1.165) is 15.8 Å². The van der Waals surface area contributed by atoms with E-state index in [1.54, 1.807) is 0 Å². The maximum Gasteiger partial charge on any atom is 0.123 e. The maximum atomic E-state index is 5.75. The normalized spacial score (nSPS) is 12.2. The average Bonchev–Trinajstić information content (AvgIpc) is 2.40. The summed E-state index contributed by atoms with van der Waals surface area (Å²) in [6.07, 6.45) is 0.